The number of morpholine rings is 1. The third-order valence-electron chi connectivity index (χ3n) is 4.92. The van der Waals surface area contributed by atoms with Gasteiger partial charge in [0.1, 0.15) is 23.6 Å². The van der Waals surface area contributed by atoms with Crippen LogP contribution in [0.4, 0.5) is 11.6 Å². The highest BCUT2D eigenvalue weighted by Gasteiger charge is 2.41. The van der Waals surface area contributed by atoms with Gasteiger partial charge < -0.3 is 19.3 Å². The van der Waals surface area contributed by atoms with Crippen molar-refractivity contribution in [1.82, 2.24) is 15.0 Å². The van der Waals surface area contributed by atoms with Gasteiger partial charge in [0.25, 0.3) is 0 Å². The second-order valence-electron chi connectivity index (χ2n) is 6.58. The highest BCUT2D eigenvalue weighted by molar-refractivity contribution is 5.44. The van der Waals surface area contributed by atoms with Crippen LogP contribution in [0.25, 0.3) is 0 Å². The minimum atomic E-state index is -0.188. The molecule has 2 aromatic rings. The van der Waals surface area contributed by atoms with Gasteiger partial charge in [0.05, 0.1) is 26.8 Å². The van der Waals surface area contributed by atoms with Gasteiger partial charge >= 0.3 is 0 Å². The molecule has 1 spiro atoms. The SMILES string of the molecule is COc1cc(N2CCO[C@]3(CCCN(c4ccccn4)C3)C2)ncn1. The Morgan fingerprint density at radius 1 is 1.08 bits per heavy atom. The number of rotatable bonds is 3. The number of anilines is 2. The number of nitrogens with zero attached hydrogens (tertiary/aromatic N) is 5. The molecule has 4 heterocycles. The van der Waals surface area contributed by atoms with E-state index in [2.05, 4.69) is 30.8 Å². The molecule has 25 heavy (non-hydrogen) atoms. The summed E-state index contributed by atoms with van der Waals surface area (Å²) in [6.45, 7) is 4.20. The van der Waals surface area contributed by atoms with Crippen molar-refractivity contribution in [3.63, 3.8) is 0 Å². The van der Waals surface area contributed by atoms with Gasteiger partial charge in [-0.3, -0.25) is 0 Å². The molecular formula is C18H23N5O2. The number of hydrogen-bond donors (Lipinski definition) is 0. The molecule has 2 aliphatic rings. The lowest BCUT2D eigenvalue weighted by atomic mass is 9.90. The van der Waals surface area contributed by atoms with Crippen LogP contribution in [-0.4, -0.2) is 60.4 Å². The first kappa shape index (κ1) is 16.1. The first-order chi connectivity index (χ1) is 12.3. The quantitative estimate of drug-likeness (QED) is 0.843. The van der Waals surface area contributed by atoms with Gasteiger partial charge in [-0.25, -0.2) is 15.0 Å². The standard InChI is InChI=1S/C18H23N5O2/c1-24-17-11-16(20-14-21-17)23-9-10-25-18(13-23)6-4-8-22(12-18)15-5-2-3-7-19-15/h2-3,5,7,11,14H,4,6,8-10,12-13H2,1H3/t18-/m0/s1. The lowest BCUT2D eigenvalue weighted by molar-refractivity contribution is -0.0632. The predicted octanol–water partition coefficient (Wildman–Crippen LogP) is 1.76. The van der Waals surface area contributed by atoms with E-state index in [1.165, 1.54) is 0 Å². The summed E-state index contributed by atoms with van der Waals surface area (Å²) >= 11 is 0. The lowest BCUT2D eigenvalue weighted by Gasteiger charge is -2.48. The minimum absolute atomic E-state index is 0.188. The van der Waals surface area contributed by atoms with E-state index in [-0.39, 0.29) is 5.60 Å². The zero-order valence-electron chi connectivity index (χ0n) is 14.5. The molecule has 2 aromatic heterocycles. The summed E-state index contributed by atoms with van der Waals surface area (Å²) < 4.78 is 11.5. The highest BCUT2D eigenvalue weighted by Crippen LogP contribution is 2.32. The molecule has 0 aromatic carbocycles. The van der Waals surface area contributed by atoms with Crippen molar-refractivity contribution in [2.24, 2.45) is 0 Å². The molecule has 0 unspecified atom stereocenters. The molecule has 4 rings (SSSR count). The van der Waals surface area contributed by atoms with E-state index in [9.17, 15) is 0 Å². The van der Waals surface area contributed by atoms with Crippen LogP contribution in [0.1, 0.15) is 12.8 Å². The van der Waals surface area contributed by atoms with E-state index in [1.54, 1.807) is 13.4 Å². The molecule has 7 heteroatoms. The molecule has 0 saturated carbocycles. The molecule has 7 nitrogen and oxygen atoms in total. The topological polar surface area (TPSA) is 63.6 Å². The van der Waals surface area contributed by atoms with E-state index < -0.39 is 0 Å². The van der Waals surface area contributed by atoms with E-state index in [4.69, 9.17) is 9.47 Å². The summed E-state index contributed by atoms with van der Waals surface area (Å²) in [5, 5.41) is 0. The van der Waals surface area contributed by atoms with Crippen molar-refractivity contribution >= 4 is 11.6 Å². The van der Waals surface area contributed by atoms with Gasteiger partial charge in [-0.15, -0.1) is 0 Å². The average molecular weight is 341 g/mol. The van der Waals surface area contributed by atoms with Crippen molar-refractivity contribution in [3.8, 4) is 5.88 Å². The molecule has 2 fully saturated rings. The highest BCUT2D eigenvalue weighted by atomic mass is 16.5. The number of methoxy groups -OCH3 is 1. The lowest BCUT2D eigenvalue weighted by Crippen LogP contribution is -2.60. The van der Waals surface area contributed by atoms with Gasteiger partial charge in [-0.2, -0.15) is 0 Å². The zero-order valence-corrected chi connectivity index (χ0v) is 14.5. The van der Waals surface area contributed by atoms with Crippen LogP contribution in [0, 0.1) is 0 Å². The molecule has 0 N–H and O–H groups in total. The van der Waals surface area contributed by atoms with Crippen molar-refractivity contribution in [1.29, 1.82) is 0 Å². The maximum atomic E-state index is 6.28. The Kier molecular flexibility index (Phi) is 4.40. The second kappa shape index (κ2) is 6.84. The Morgan fingerprint density at radius 3 is 2.76 bits per heavy atom. The number of ether oxygens (including phenoxy) is 2. The van der Waals surface area contributed by atoms with Gasteiger partial charge in [0.15, 0.2) is 0 Å². The number of piperidine rings is 1. The fourth-order valence-electron chi connectivity index (χ4n) is 3.74. The van der Waals surface area contributed by atoms with Crippen molar-refractivity contribution in [3.05, 3.63) is 36.8 Å². The first-order valence-corrected chi connectivity index (χ1v) is 8.69. The van der Waals surface area contributed by atoms with E-state index in [0.29, 0.717) is 12.5 Å². The van der Waals surface area contributed by atoms with Crippen LogP contribution in [0.3, 0.4) is 0 Å². The Morgan fingerprint density at radius 2 is 1.96 bits per heavy atom. The molecular weight excluding hydrogens is 318 g/mol. The van der Waals surface area contributed by atoms with Crippen molar-refractivity contribution < 1.29 is 9.47 Å². The Hall–Kier alpha value is -2.41. The molecule has 0 radical (unpaired) electrons. The van der Waals surface area contributed by atoms with Gasteiger partial charge in [-0.05, 0) is 25.0 Å². The van der Waals surface area contributed by atoms with Crippen LogP contribution in [0.2, 0.25) is 0 Å². The van der Waals surface area contributed by atoms with E-state index in [0.717, 1.165) is 50.7 Å². The van der Waals surface area contributed by atoms with Gasteiger partial charge in [-0.1, -0.05) is 6.07 Å². The summed E-state index contributed by atoms with van der Waals surface area (Å²) in [6.07, 6.45) is 5.54. The number of pyridine rings is 1. The third kappa shape index (κ3) is 3.37. The summed E-state index contributed by atoms with van der Waals surface area (Å²) in [7, 11) is 1.62. The predicted molar refractivity (Wildman–Crippen MR) is 95.2 cm³/mol. The van der Waals surface area contributed by atoms with Crippen LogP contribution < -0.4 is 14.5 Å². The van der Waals surface area contributed by atoms with Crippen molar-refractivity contribution in [2.45, 2.75) is 18.4 Å². The summed E-state index contributed by atoms with van der Waals surface area (Å²) in [6, 6.07) is 7.93. The maximum Gasteiger partial charge on any atom is 0.218 e. The molecule has 1 atom stereocenters. The van der Waals surface area contributed by atoms with Crippen LogP contribution in [0.15, 0.2) is 36.8 Å². The molecule has 0 bridgehead atoms. The Bertz CT molecular complexity index is 710. The van der Waals surface area contributed by atoms with Crippen molar-refractivity contribution in [2.75, 3.05) is 49.7 Å². The Labute approximate surface area is 147 Å². The average Bonchev–Trinajstić information content (AvgIpc) is 2.69. The summed E-state index contributed by atoms with van der Waals surface area (Å²) in [5.41, 5.74) is -0.188. The summed E-state index contributed by atoms with van der Waals surface area (Å²) in [4.78, 5) is 17.6. The maximum absolute atomic E-state index is 6.28. The van der Waals surface area contributed by atoms with E-state index in [1.807, 2.05) is 24.4 Å². The van der Waals surface area contributed by atoms with Crippen LogP contribution in [0.5, 0.6) is 5.88 Å². The smallest absolute Gasteiger partial charge is 0.218 e. The molecule has 2 saturated heterocycles. The number of aromatic nitrogens is 3. The zero-order chi connectivity index (χ0) is 17.1. The first-order valence-electron chi connectivity index (χ1n) is 8.69. The minimum Gasteiger partial charge on any atom is -0.481 e. The normalized spacial score (nSPS) is 23.7. The third-order valence-corrected chi connectivity index (χ3v) is 4.92. The summed E-state index contributed by atoms with van der Waals surface area (Å²) in [5.74, 6) is 2.50. The van der Waals surface area contributed by atoms with Gasteiger partial charge in [0, 0.05) is 25.4 Å². The molecule has 0 amide bonds. The largest absolute Gasteiger partial charge is 0.481 e. The molecule has 132 valence electrons. The second-order valence-corrected chi connectivity index (χ2v) is 6.58. The fourth-order valence-corrected chi connectivity index (χ4v) is 3.74. The number of hydrogen-bond acceptors (Lipinski definition) is 7. The monoisotopic (exact) mass is 341 g/mol. The van der Waals surface area contributed by atoms with Crippen LogP contribution >= 0.6 is 0 Å². The van der Waals surface area contributed by atoms with Crippen LogP contribution in [-0.2, 0) is 4.74 Å². The van der Waals surface area contributed by atoms with Gasteiger partial charge in [0.2, 0.25) is 5.88 Å². The van der Waals surface area contributed by atoms with E-state index >= 15 is 0 Å². The Balaban J connectivity index is 1.53. The fraction of sp³-hybridized carbons (Fsp3) is 0.500. The molecule has 2 aliphatic heterocycles. The molecule has 0 aliphatic carbocycles.